The molecule has 5 nitrogen and oxygen atoms in total. The molecule has 3 saturated heterocycles. The number of thiazole rings is 1. The van der Waals surface area contributed by atoms with Crippen molar-refractivity contribution in [2.75, 3.05) is 19.6 Å². The molecule has 2 bridgehead atoms. The average molecular weight is 338 g/mol. The van der Waals surface area contributed by atoms with E-state index in [1.807, 2.05) is 12.1 Å². The van der Waals surface area contributed by atoms with E-state index in [-0.39, 0.29) is 11.9 Å². The molecular weight excluding hydrogens is 320 g/mol. The zero-order valence-electron chi connectivity index (χ0n) is 13.2. The third-order valence-electron chi connectivity index (χ3n) is 4.96. The number of aromatic nitrogens is 1. The maximum Gasteiger partial charge on any atom is 0.263 e. The molecule has 2 aromatic rings. The van der Waals surface area contributed by atoms with E-state index in [0.717, 1.165) is 17.1 Å². The minimum Gasteiger partial charge on any atom is -0.347 e. The molecule has 3 fully saturated rings. The Hall–Kier alpha value is -2.23. The predicted octanol–water partition coefficient (Wildman–Crippen LogP) is 2.51. The van der Waals surface area contributed by atoms with Gasteiger partial charge in [0.2, 0.25) is 0 Å². The lowest BCUT2D eigenvalue weighted by molar-refractivity contribution is 0.0622. The minimum atomic E-state index is -0.0221. The fraction of sp³-hybridized carbons (Fsp3) is 0.389. The van der Waals surface area contributed by atoms with Crippen molar-refractivity contribution in [3.05, 3.63) is 40.9 Å². The van der Waals surface area contributed by atoms with E-state index >= 15 is 0 Å². The molecule has 0 saturated carbocycles. The van der Waals surface area contributed by atoms with Crippen molar-refractivity contribution in [3.8, 4) is 16.6 Å². The summed E-state index contributed by atoms with van der Waals surface area (Å²) in [6.45, 7) is 3.30. The van der Waals surface area contributed by atoms with Crippen LogP contribution in [-0.4, -0.2) is 41.5 Å². The SMILES string of the molecule is N#Cc1ccc(-c2ncc(C(=O)NC3CN4CCC3CC4)s2)cc1. The summed E-state index contributed by atoms with van der Waals surface area (Å²) >= 11 is 1.40. The minimum absolute atomic E-state index is 0.0221. The van der Waals surface area contributed by atoms with Gasteiger partial charge in [0.25, 0.3) is 5.91 Å². The highest BCUT2D eigenvalue weighted by Crippen LogP contribution is 2.29. The summed E-state index contributed by atoms with van der Waals surface area (Å²) in [6, 6.07) is 9.64. The fourth-order valence-electron chi connectivity index (χ4n) is 3.57. The number of amides is 1. The molecule has 3 aliphatic heterocycles. The normalized spacial score (nSPS) is 25.2. The Kier molecular flexibility index (Phi) is 4.05. The number of hydrogen-bond acceptors (Lipinski definition) is 5. The van der Waals surface area contributed by atoms with Gasteiger partial charge in [-0.25, -0.2) is 4.98 Å². The molecule has 24 heavy (non-hydrogen) atoms. The second-order valence-electron chi connectivity index (χ2n) is 6.44. The van der Waals surface area contributed by atoms with Gasteiger partial charge in [-0.3, -0.25) is 4.79 Å². The van der Waals surface area contributed by atoms with E-state index in [1.54, 1.807) is 18.3 Å². The van der Waals surface area contributed by atoms with Crippen LogP contribution < -0.4 is 5.32 Å². The highest BCUT2D eigenvalue weighted by Gasteiger charge is 2.35. The number of nitrogens with zero attached hydrogens (tertiary/aromatic N) is 3. The van der Waals surface area contributed by atoms with Gasteiger partial charge in [-0.2, -0.15) is 5.26 Å². The van der Waals surface area contributed by atoms with E-state index in [0.29, 0.717) is 16.4 Å². The Morgan fingerprint density at radius 2 is 2.04 bits per heavy atom. The van der Waals surface area contributed by atoms with Crippen LogP contribution in [0.25, 0.3) is 10.6 Å². The molecule has 1 unspecified atom stereocenters. The lowest BCUT2D eigenvalue weighted by Gasteiger charge is -2.44. The Bertz CT molecular complexity index is 784. The third-order valence-corrected chi connectivity index (χ3v) is 6.01. The number of fused-ring (bicyclic) bond motifs is 3. The number of piperidine rings is 3. The van der Waals surface area contributed by atoms with E-state index in [1.165, 1.54) is 37.3 Å². The maximum absolute atomic E-state index is 12.5. The van der Waals surface area contributed by atoms with E-state index < -0.39 is 0 Å². The molecule has 1 aromatic heterocycles. The van der Waals surface area contributed by atoms with E-state index in [2.05, 4.69) is 21.3 Å². The molecule has 6 heteroatoms. The van der Waals surface area contributed by atoms with Crippen LogP contribution in [0.1, 0.15) is 28.1 Å². The van der Waals surface area contributed by atoms with Crippen molar-refractivity contribution in [1.29, 1.82) is 5.26 Å². The summed E-state index contributed by atoms with van der Waals surface area (Å²) in [7, 11) is 0. The van der Waals surface area contributed by atoms with E-state index in [9.17, 15) is 4.79 Å². The molecule has 1 amide bonds. The standard InChI is InChI=1S/C18H18N4OS/c19-9-12-1-3-14(4-2-12)18-20-10-16(24-18)17(23)21-15-11-22-7-5-13(15)6-8-22/h1-4,10,13,15H,5-8,11H2,(H,21,23). The van der Waals surface area contributed by atoms with Crippen molar-refractivity contribution in [2.45, 2.75) is 18.9 Å². The monoisotopic (exact) mass is 338 g/mol. The molecule has 122 valence electrons. The summed E-state index contributed by atoms with van der Waals surface area (Å²) in [5.41, 5.74) is 1.55. The number of rotatable bonds is 3. The van der Waals surface area contributed by atoms with Gasteiger partial charge in [-0.05, 0) is 44.0 Å². The van der Waals surface area contributed by atoms with Crippen LogP contribution in [0, 0.1) is 17.2 Å². The number of hydrogen-bond donors (Lipinski definition) is 1. The number of benzene rings is 1. The number of nitrogens with one attached hydrogen (secondary N) is 1. The molecule has 1 N–H and O–H groups in total. The van der Waals surface area contributed by atoms with Crippen LogP contribution in [-0.2, 0) is 0 Å². The molecule has 1 aromatic carbocycles. The molecule has 5 rings (SSSR count). The van der Waals surface area contributed by atoms with Gasteiger partial charge in [0.05, 0.1) is 17.8 Å². The summed E-state index contributed by atoms with van der Waals surface area (Å²) in [6.07, 6.45) is 4.02. The van der Waals surface area contributed by atoms with Crippen LogP contribution in [0.15, 0.2) is 30.5 Å². The first-order valence-electron chi connectivity index (χ1n) is 8.22. The average Bonchev–Trinajstić information content (AvgIpc) is 3.13. The Labute approximate surface area is 144 Å². The molecule has 3 aliphatic rings. The van der Waals surface area contributed by atoms with Crippen molar-refractivity contribution >= 4 is 17.2 Å². The zero-order chi connectivity index (χ0) is 16.5. The molecule has 1 atom stereocenters. The van der Waals surface area contributed by atoms with Crippen molar-refractivity contribution in [2.24, 2.45) is 5.92 Å². The first-order chi connectivity index (χ1) is 11.7. The van der Waals surface area contributed by atoms with Crippen LogP contribution in [0.2, 0.25) is 0 Å². The Morgan fingerprint density at radius 1 is 1.29 bits per heavy atom. The topological polar surface area (TPSA) is 69.0 Å². The summed E-state index contributed by atoms with van der Waals surface area (Å²) in [4.78, 5) is 20.0. The fourth-order valence-corrected chi connectivity index (χ4v) is 4.39. The van der Waals surface area contributed by atoms with Crippen LogP contribution in [0.4, 0.5) is 0 Å². The highest BCUT2D eigenvalue weighted by atomic mass is 32.1. The van der Waals surface area contributed by atoms with Gasteiger partial charge in [0.15, 0.2) is 0 Å². The molecule has 4 heterocycles. The van der Waals surface area contributed by atoms with Gasteiger partial charge in [-0.1, -0.05) is 12.1 Å². The molecule has 0 spiro atoms. The van der Waals surface area contributed by atoms with Gasteiger partial charge in [0, 0.05) is 18.2 Å². The van der Waals surface area contributed by atoms with Crippen molar-refractivity contribution in [1.82, 2.24) is 15.2 Å². The van der Waals surface area contributed by atoms with E-state index in [4.69, 9.17) is 5.26 Å². The van der Waals surface area contributed by atoms with Crippen molar-refractivity contribution < 1.29 is 4.79 Å². The third kappa shape index (κ3) is 2.93. The van der Waals surface area contributed by atoms with Crippen LogP contribution >= 0.6 is 11.3 Å². The number of carbonyl (C=O) groups is 1. The lowest BCUT2D eigenvalue weighted by atomic mass is 9.84. The summed E-state index contributed by atoms with van der Waals surface area (Å²) < 4.78 is 0. The summed E-state index contributed by atoms with van der Waals surface area (Å²) in [5, 5.41) is 12.9. The molecule has 0 aliphatic carbocycles. The lowest BCUT2D eigenvalue weighted by Crippen LogP contribution is -2.57. The Morgan fingerprint density at radius 3 is 2.67 bits per heavy atom. The number of carbonyl (C=O) groups excluding carboxylic acids is 1. The van der Waals surface area contributed by atoms with Crippen molar-refractivity contribution in [3.63, 3.8) is 0 Å². The smallest absolute Gasteiger partial charge is 0.263 e. The predicted molar refractivity (Wildman–Crippen MR) is 92.7 cm³/mol. The second-order valence-corrected chi connectivity index (χ2v) is 7.47. The molecule has 0 radical (unpaired) electrons. The second kappa shape index (κ2) is 6.34. The van der Waals surface area contributed by atoms with Gasteiger partial charge in [0.1, 0.15) is 9.88 Å². The first-order valence-corrected chi connectivity index (χ1v) is 9.04. The summed E-state index contributed by atoms with van der Waals surface area (Å²) in [5.74, 6) is 0.594. The van der Waals surface area contributed by atoms with Crippen LogP contribution in [0.5, 0.6) is 0 Å². The Balaban J connectivity index is 1.46. The number of nitriles is 1. The van der Waals surface area contributed by atoms with Gasteiger partial charge < -0.3 is 10.2 Å². The van der Waals surface area contributed by atoms with Crippen LogP contribution in [0.3, 0.4) is 0 Å². The largest absolute Gasteiger partial charge is 0.347 e. The highest BCUT2D eigenvalue weighted by molar-refractivity contribution is 7.16. The molecular formula is C18H18N4OS. The van der Waals surface area contributed by atoms with Gasteiger partial charge in [-0.15, -0.1) is 11.3 Å². The quantitative estimate of drug-likeness (QED) is 0.933. The zero-order valence-corrected chi connectivity index (χ0v) is 14.1. The van der Waals surface area contributed by atoms with Gasteiger partial charge >= 0.3 is 0 Å². The first kappa shape index (κ1) is 15.3. The maximum atomic E-state index is 12.5.